The second kappa shape index (κ2) is 9.64. The van der Waals surface area contributed by atoms with Crippen molar-refractivity contribution in [3.63, 3.8) is 0 Å². The maximum absolute atomic E-state index is 13.1. The Morgan fingerprint density at radius 3 is 2.46 bits per heavy atom. The number of amides is 1. The second-order valence-corrected chi connectivity index (χ2v) is 10.3. The number of nitrogens with zero attached hydrogens (tertiary/aromatic N) is 3. The van der Waals surface area contributed by atoms with Crippen LogP contribution >= 0.6 is 0 Å². The van der Waals surface area contributed by atoms with Gasteiger partial charge < -0.3 is 19.5 Å². The van der Waals surface area contributed by atoms with Crippen LogP contribution < -0.4 is 4.74 Å². The quantitative estimate of drug-likeness (QED) is 0.599. The highest BCUT2D eigenvalue weighted by Gasteiger charge is 2.41. The number of hydrogen-bond acceptors (Lipinski definition) is 6. The Morgan fingerprint density at radius 1 is 1.20 bits per heavy atom. The van der Waals surface area contributed by atoms with Crippen molar-refractivity contribution in [1.82, 2.24) is 15.1 Å². The molecule has 2 aromatic rings. The Balaban J connectivity index is 1.86. The van der Waals surface area contributed by atoms with Crippen LogP contribution in [0.4, 0.5) is 18.0 Å². The average Bonchev–Trinajstić information content (AvgIpc) is 2.76. The number of benzene rings is 1. The Bertz CT molecular complexity index is 1080. The van der Waals surface area contributed by atoms with Gasteiger partial charge in [-0.2, -0.15) is 18.3 Å². The van der Waals surface area contributed by atoms with Gasteiger partial charge in [0.2, 0.25) is 0 Å². The topological polar surface area (TPSA) is 84.8 Å². The highest BCUT2D eigenvalue weighted by molar-refractivity contribution is 5.70. The first-order chi connectivity index (χ1) is 16.1. The minimum atomic E-state index is -4.50. The van der Waals surface area contributed by atoms with Gasteiger partial charge in [-0.1, -0.05) is 6.92 Å². The highest BCUT2D eigenvalue weighted by Crippen LogP contribution is 2.42. The minimum absolute atomic E-state index is 0.0257. The molecule has 0 spiro atoms. The maximum atomic E-state index is 13.1. The minimum Gasteiger partial charge on any atom is -0.496 e. The summed E-state index contributed by atoms with van der Waals surface area (Å²) in [5.74, 6) is 0.0257. The molecule has 1 aromatic heterocycles. The molecule has 1 amide bonds. The molecule has 192 valence electrons. The molecule has 3 rings (SSSR count). The van der Waals surface area contributed by atoms with Gasteiger partial charge in [-0.3, -0.25) is 0 Å². The van der Waals surface area contributed by atoms with Crippen molar-refractivity contribution < 1.29 is 32.5 Å². The van der Waals surface area contributed by atoms with Gasteiger partial charge >= 0.3 is 12.3 Å². The molecule has 2 heterocycles. The molecule has 0 bridgehead atoms. The molecule has 1 saturated heterocycles. The van der Waals surface area contributed by atoms with Gasteiger partial charge in [-0.25, -0.2) is 4.79 Å². The first-order valence-corrected chi connectivity index (χ1v) is 11.4. The summed E-state index contributed by atoms with van der Waals surface area (Å²) in [6.07, 6.45) is -4.57. The van der Waals surface area contributed by atoms with Gasteiger partial charge in [0.15, 0.2) is 0 Å². The lowest BCUT2D eigenvalue weighted by Crippen LogP contribution is -2.49. The molecule has 0 saturated carbocycles. The van der Waals surface area contributed by atoms with Gasteiger partial charge in [0, 0.05) is 24.1 Å². The molecule has 0 aliphatic carbocycles. The monoisotopic (exact) mass is 495 g/mol. The zero-order valence-electron chi connectivity index (χ0n) is 20.9. The Hall–Kier alpha value is -2.88. The van der Waals surface area contributed by atoms with Crippen LogP contribution in [0, 0.1) is 12.3 Å². The molecule has 1 N–H and O–H groups in total. The highest BCUT2D eigenvalue weighted by atomic mass is 19.4. The molecule has 1 fully saturated rings. The average molecular weight is 496 g/mol. The third-order valence-electron chi connectivity index (χ3n) is 6.11. The van der Waals surface area contributed by atoms with Crippen LogP contribution in [0.3, 0.4) is 0 Å². The number of likely N-dealkylation sites (tertiary alicyclic amines) is 1. The van der Waals surface area contributed by atoms with E-state index in [0.717, 1.165) is 12.1 Å². The molecular formula is C25H32F3N3O4. The summed E-state index contributed by atoms with van der Waals surface area (Å²) in [4.78, 5) is 14.2. The van der Waals surface area contributed by atoms with Crippen molar-refractivity contribution in [3.05, 3.63) is 41.1 Å². The van der Waals surface area contributed by atoms with Crippen LogP contribution in [-0.4, -0.2) is 52.1 Å². The number of carbonyl (C=O) groups is 1. The van der Waals surface area contributed by atoms with Gasteiger partial charge in [-0.05, 0) is 70.4 Å². The van der Waals surface area contributed by atoms with Crippen LogP contribution in [0.15, 0.2) is 24.3 Å². The summed E-state index contributed by atoms with van der Waals surface area (Å²) >= 11 is 0. The van der Waals surface area contributed by atoms with Crippen molar-refractivity contribution in [2.24, 2.45) is 5.41 Å². The van der Waals surface area contributed by atoms with E-state index in [1.165, 1.54) is 13.2 Å². The van der Waals surface area contributed by atoms with E-state index in [0.29, 0.717) is 41.9 Å². The molecule has 0 radical (unpaired) electrons. The predicted octanol–water partition coefficient (Wildman–Crippen LogP) is 5.55. The van der Waals surface area contributed by atoms with Gasteiger partial charge in [0.1, 0.15) is 17.5 Å². The van der Waals surface area contributed by atoms with E-state index >= 15 is 0 Å². The summed E-state index contributed by atoms with van der Waals surface area (Å²) in [5, 5.41) is 19.6. The molecule has 2 atom stereocenters. The fraction of sp³-hybridized carbons (Fsp3) is 0.560. The number of rotatable bonds is 4. The van der Waals surface area contributed by atoms with Crippen molar-refractivity contribution >= 4 is 6.09 Å². The molecule has 1 aliphatic heterocycles. The smallest absolute Gasteiger partial charge is 0.416 e. The Labute approximate surface area is 203 Å². The van der Waals surface area contributed by atoms with E-state index in [2.05, 4.69) is 10.2 Å². The number of aliphatic hydroxyl groups is 1. The van der Waals surface area contributed by atoms with Crippen LogP contribution in [0.2, 0.25) is 0 Å². The lowest BCUT2D eigenvalue weighted by atomic mass is 9.75. The molecule has 10 heteroatoms. The molecule has 1 aliphatic rings. The van der Waals surface area contributed by atoms with Crippen molar-refractivity contribution in [1.29, 1.82) is 0 Å². The Kier molecular flexibility index (Phi) is 7.36. The third kappa shape index (κ3) is 6.04. The van der Waals surface area contributed by atoms with E-state index in [4.69, 9.17) is 9.47 Å². The predicted molar refractivity (Wildman–Crippen MR) is 124 cm³/mol. The molecule has 1 unspecified atom stereocenters. The number of aryl methyl sites for hydroxylation is 1. The van der Waals surface area contributed by atoms with Crippen molar-refractivity contribution in [2.45, 2.75) is 65.3 Å². The number of alkyl halides is 3. The standard InChI is InChI=1S/C25H32F3N3O4/c1-15-12-18(21(32)24(5)10-7-11-31(14-24)22(33)35-23(2,3)4)29-30-20(15)17-9-8-16(25(26,27)28)13-19(17)34-6/h8-9,12-13,21,32H,7,10-11,14H2,1-6H3/t21?,24-/m1/s1. The van der Waals surface area contributed by atoms with Gasteiger partial charge in [-0.15, -0.1) is 5.10 Å². The first-order valence-electron chi connectivity index (χ1n) is 11.4. The first kappa shape index (κ1) is 26.7. The molecule has 1 aromatic carbocycles. The van der Waals surface area contributed by atoms with Crippen LogP contribution in [0.25, 0.3) is 11.3 Å². The van der Waals surface area contributed by atoms with Gasteiger partial charge in [0.25, 0.3) is 0 Å². The fourth-order valence-corrected chi connectivity index (χ4v) is 4.30. The molecular weight excluding hydrogens is 463 g/mol. The third-order valence-corrected chi connectivity index (χ3v) is 6.11. The van der Waals surface area contributed by atoms with E-state index in [1.807, 2.05) is 6.92 Å². The fourth-order valence-electron chi connectivity index (χ4n) is 4.30. The number of aromatic nitrogens is 2. The number of hydrogen-bond donors (Lipinski definition) is 1. The number of methoxy groups -OCH3 is 1. The summed E-state index contributed by atoms with van der Waals surface area (Å²) in [6.45, 7) is 9.86. The summed E-state index contributed by atoms with van der Waals surface area (Å²) in [6, 6.07) is 4.86. The van der Waals surface area contributed by atoms with E-state index < -0.39 is 35.0 Å². The summed E-state index contributed by atoms with van der Waals surface area (Å²) < 4.78 is 49.9. The number of aliphatic hydroxyl groups excluding tert-OH is 1. The number of piperidine rings is 1. The maximum Gasteiger partial charge on any atom is 0.416 e. The second-order valence-electron chi connectivity index (χ2n) is 10.3. The zero-order valence-corrected chi connectivity index (χ0v) is 20.9. The lowest BCUT2D eigenvalue weighted by molar-refractivity contribution is -0.137. The zero-order chi connectivity index (χ0) is 26.2. The largest absolute Gasteiger partial charge is 0.496 e. The SMILES string of the molecule is COc1cc(C(F)(F)F)ccc1-c1nnc(C(O)[C@]2(C)CCCN(C(=O)OC(C)(C)C)C2)cc1C. The summed E-state index contributed by atoms with van der Waals surface area (Å²) in [5.41, 5.74) is -0.454. The molecule has 35 heavy (non-hydrogen) atoms. The van der Waals surface area contributed by atoms with Crippen molar-refractivity contribution in [2.75, 3.05) is 20.2 Å². The van der Waals surface area contributed by atoms with Gasteiger partial charge in [0.05, 0.1) is 24.1 Å². The van der Waals surface area contributed by atoms with Crippen LogP contribution in [0.5, 0.6) is 5.75 Å². The molecule has 7 nitrogen and oxygen atoms in total. The number of ether oxygens (including phenoxy) is 2. The van der Waals surface area contributed by atoms with E-state index in [-0.39, 0.29) is 12.3 Å². The van der Waals surface area contributed by atoms with E-state index in [1.54, 1.807) is 38.7 Å². The number of halogens is 3. The van der Waals surface area contributed by atoms with E-state index in [9.17, 15) is 23.1 Å². The lowest BCUT2D eigenvalue weighted by Gasteiger charge is -2.43. The summed E-state index contributed by atoms with van der Waals surface area (Å²) in [7, 11) is 1.29. The van der Waals surface area contributed by atoms with Crippen LogP contribution in [0.1, 0.15) is 63.5 Å². The number of carbonyl (C=O) groups excluding carboxylic acids is 1. The van der Waals surface area contributed by atoms with Crippen LogP contribution in [-0.2, 0) is 10.9 Å². The van der Waals surface area contributed by atoms with Crippen molar-refractivity contribution in [3.8, 4) is 17.0 Å². The normalized spacial score (nSPS) is 19.9. The Morgan fingerprint density at radius 2 is 1.89 bits per heavy atom.